The van der Waals surface area contributed by atoms with E-state index in [9.17, 15) is 13.2 Å². The van der Waals surface area contributed by atoms with E-state index < -0.39 is 15.9 Å². The lowest BCUT2D eigenvalue weighted by Gasteiger charge is -2.13. The number of benzene rings is 1. The number of nitrogens with one attached hydrogen (secondary N) is 1. The fourth-order valence-electron chi connectivity index (χ4n) is 2.04. The first kappa shape index (κ1) is 15.6. The maximum Gasteiger partial charge on any atom is 0.255 e. The summed E-state index contributed by atoms with van der Waals surface area (Å²) in [4.78, 5) is 12.0. The maximum atomic E-state index is 12.2. The molecule has 0 aliphatic heterocycles. The third-order valence-electron chi connectivity index (χ3n) is 3.46. The molecule has 8 heteroatoms. The molecule has 0 heterocycles. The van der Waals surface area contributed by atoms with Crippen LogP contribution in [0.25, 0.3) is 0 Å². The van der Waals surface area contributed by atoms with Crippen LogP contribution in [0.5, 0.6) is 11.5 Å². The van der Waals surface area contributed by atoms with E-state index >= 15 is 0 Å². The van der Waals surface area contributed by atoms with Crippen molar-refractivity contribution in [2.75, 3.05) is 14.2 Å². The lowest BCUT2D eigenvalue weighted by Crippen LogP contribution is -2.27. The Morgan fingerprint density at radius 1 is 1.29 bits per heavy atom. The van der Waals surface area contributed by atoms with Crippen molar-refractivity contribution in [3.05, 3.63) is 17.7 Å². The van der Waals surface area contributed by atoms with Crippen molar-refractivity contribution in [2.24, 2.45) is 11.1 Å². The summed E-state index contributed by atoms with van der Waals surface area (Å²) in [6, 6.07) is 2.63. The highest BCUT2D eigenvalue weighted by molar-refractivity contribution is 7.89. The minimum Gasteiger partial charge on any atom is -0.496 e. The fraction of sp³-hybridized carbons (Fsp3) is 0.462. The highest BCUT2D eigenvalue weighted by atomic mass is 32.2. The maximum absolute atomic E-state index is 12.2. The van der Waals surface area contributed by atoms with Gasteiger partial charge in [-0.3, -0.25) is 4.79 Å². The van der Waals surface area contributed by atoms with Crippen LogP contribution in [-0.2, 0) is 10.0 Å². The summed E-state index contributed by atoms with van der Waals surface area (Å²) in [5.74, 6) is 0.292. The number of hydrogen-bond donors (Lipinski definition) is 2. The van der Waals surface area contributed by atoms with Gasteiger partial charge in [-0.05, 0) is 18.4 Å². The summed E-state index contributed by atoms with van der Waals surface area (Å²) >= 11 is 0. The molecule has 1 aliphatic rings. The topological polar surface area (TPSA) is 108 Å². The molecule has 2 unspecified atom stereocenters. The normalized spacial score (nSPS) is 20.8. The fourth-order valence-corrected chi connectivity index (χ4v) is 2.74. The SMILES string of the molecule is COc1cc(OC)c(S(N)(=O)=O)cc1C(=O)NC1CC1C. The van der Waals surface area contributed by atoms with Gasteiger partial charge in [0.15, 0.2) is 0 Å². The molecule has 1 fully saturated rings. The molecule has 1 saturated carbocycles. The number of methoxy groups -OCH3 is 2. The van der Waals surface area contributed by atoms with E-state index in [4.69, 9.17) is 14.6 Å². The molecule has 0 radical (unpaired) electrons. The van der Waals surface area contributed by atoms with E-state index in [0.29, 0.717) is 5.92 Å². The molecular weight excluding hydrogens is 296 g/mol. The first-order valence-electron chi connectivity index (χ1n) is 6.37. The van der Waals surface area contributed by atoms with Gasteiger partial charge >= 0.3 is 0 Å². The largest absolute Gasteiger partial charge is 0.496 e. The van der Waals surface area contributed by atoms with E-state index in [-0.39, 0.29) is 28.0 Å². The van der Waals surface area contributed by atoms with Crippen LogP contribution in [0.2, 0.25) is 0 Å². The average molecular weight is 314 g/mol. The molecular formula is C13H18N2O5S. The van der Waals surface area contributed by atoms with Crippen molar-refractivity contribution in [1.29, 1.82) is 0 Å². The number of rotatable bonds is 5. The molecule has 116 valence electrons. The number of carbonyl (C=O) groups is 1. The zero-order valence-electron chi connectivity index (χ0n) is 12.0. The Bertz CT molecular complexity index is 671. The number of carbonyl (C=O) groups excluding carboxylic acids is 1. The minimum atomic E-state index is -4.01. The summed E-state index contributed by atoms with van der Waals surface area (Å²) in [5, 5.41) is 7.96. The predicted octanol–water partition coefficient (Wildman–Crippen LogP) is 0.489. The molecule has 3 N–H and O–H groups in total. The lowest BCUT2D eigenvalue weighted by molar-refractivity contribution is 0.0946. The van der Waals surface area contributed by atoms with Crippen molar-refractivity contribution in [3.63, 3.8) is 0 Å². The number of sulfonamides is 1. The highest BCUT2D eigenvalue weighted by Crippen LogP contribution is 2.33. The monoisotopic (exact) mass is 314 g/mol. The predicted molar refractivity (Wildman–Crippen MR) is 76.0 cm³/mol. The first-order valence-corrected chi connectivity index (χ1v) is 7.92. The van der Waals surface area contributed by atoms with Crippen LogP contribution in [0.4, 0.5) is 0 Å². The summed E-state index contributed by atoms with van der Waals surface area (Å²) in [6.07, 6.45) is 0.909. The summed E-state index contributed by atoms with van der Waals surface area (Å²) in [5.41, 5.74) is 0.112. The molecule has 7 nitrogen and oxygen atoms in total. The number of amides is 1. The standard InChI is InChI=1S/C13H18N2O5S/c1-7-4-9(7)15-13(16)8-5-12(21(14,17)18)11(20-3)6-10(8)19-2/h5-7,9H,4H2,1-3H3,(H,15,16)(H2,14,17,18). The third kappa shape index (κ3) is 3.27. The molecule has 0 saturated heterocycles. The minimum absolute atomic E-state index is 0.0330. The van der Waals surface area contributed by atoms with Crippen molar-refractivity contribution >= 4 is 15.9 Å². The number of hydrogen-bond acceptors (Lipinski definition) is 5. The van der Waals surface area contributed by atoms with Crippen LogP contribution in [-0.4, -0.2) is 34.6 Å². The van der Waals surface area contributed by atoms with Gasteiger partial charge in [0, 0.05) is 12.1 Å². The molecule has 1 amide bonds. The second kappa shape index (κ2) is 5.53. The van der Waals surface area contributed by atoms with Crippen molar-refractivity contribution in [1.82, 2.24) is 5.32 Å². The molecule has 0 bridgehead atoms. The number of ether oxygens (including phenoxy) is 2. The molecule has 0 aromatic heterocycles. The Morgan fingerprint density at radius 3 is 2.29 bits per heavy atom. The van der Waals surface area contributed by atoms with E-state index in [1.165, 1.54) is 26.4 Å². The molecule has 21 heavy (non-hydrogen) atoms. The van der Waals surface area contributed by atoms with Gasteiger partial charge in [-0.15, -0.1) is 0 Å². The van der Waals surface area contributed by atoms with Gasteiger partial charge in [-0.2, -0.15) is 0 Å². The zero-order chi connectivity index (χ0) is 15.8. The van der Waals surface area contributed by atoms with E-state index in [2.05, 4.69) is 5.32 Å². The molecule has 2 rings (SSSR count). The van der Waals surface area contributed by atoms with Gasteiger partial charge in [0.2, 0.25) is 10.0 Å². The molecule has 0 spiro atoms. The van der Waals surface area contributed by atoms with Crippen LogP contribution in [0, 0.1) is 5.92 Å². The molecule has 1 aromatic rings. The zero-order valence-corrected chi connectivity index (χ0v) is 12.9. The second-order valence-corrected chi connectivity index (χ2v) is 6.57. The third-order valence-corrected chi connectivity index (χ3v) is 4.39. The second-order valence-electron chi connectivity index (χ2n) is 5.04. The van der Waals surface area contributed by atoms with Crippen molar-refractivity contribution in [3.8, 4) is 11.5 Å². The Balaban J connectivity index is 2.45. The Morgan fingerprint density at radius 2 is 1.86 bits per heavy atom. The number of primary sulfonamides is 1. The van der Waals surface area contributed by atoms with E-state index in [0.717, 1.165) is 6.42 Å². The van der Waals surface area contributed by atoms with Gasteiger partial charge in [0.1, 0.15) is 16.4 Å². The Hall–Kier alpha value is -1.80. The van der Waals surface area contributed by atoms with Gasteiger partial charge in [0.05, 0.1) is 19.8 Å². The first-order chi connectivity index (χ1) is 9.77. The van der Waals surface area contributed by atoms with E-state index in [1.54, 1.807) is 0 Å². The van der Waals surface area contributed by atoms with Crippen LogP contribution in [0.3, 0.4) is 0 Å². The summed E-state index contributed by atoms with van der Waals surface area (Å²) < 4.78 is 33.3. The van der Waals surface area contributed by atoms with Gasteiger partial charge in [0.25, 0.3) is 5.91 Å². The van der Waals surface area contributed by atoms with Crippen LogP contribution in [0.15, 0.2) is 17.0 Å². The van der Waals surface area contributed by atoms with Crippen molar-refractivity contribution in [2.45, 2.75) is 24.3 Å². The number of nitrogens with two attached hydrogens (primary N) is 1. The van der Waals surface area contributed by atoms with Crippen molar-refractivity contribution < 1.29 is 22.7 Å². The van der Waals surface area contributed by atoms with E-state index in [1.807, 2.05) is 6.92 Å². The molecule has 1 aliphatic carbocycles. The average Bonchev–Trinajstić information content (AvgIpc) is 3.11. The molecule has 1 aromatic carbocycles. The van der Waals surface area contributed by atoms with Gasteiger partial charge in [-0.1, -0.05) is 6.92 Å². The Labute approximate surface area is 123 Å². The summed E-state index contributed by atoms with van der Waals surface area (Å²) in [6.45, 7) is 2.02. The quantitative estimate of drug-likeness (QED) is 0.822. The van der Waals surface area contributed by atoms with Crippen LogP contribution in [0.1, 0.15) is 23.7 Å². The smallest absolute Gasteiger partial charge is 0.255 e. The van der Waals surface area contributed by atoms with Gasteiger partial charge in [-0.25, -0.2) is 13.6 Å². The molecule has 2 atom stereocenters. The summed E-state index contributed by atoms with van der Waals surface area (Å²) in [7, 11) is -1.31. The van der Waals surface area contributed by atoms with Crippen LogP contribution >= 0.6 is 0 Å². The lowest BCUT2D eigenvalue weighted by atomic mass is 10.1. The highest BCUT2D eigenvalue weighted by Gasteiger charge is 2.35. The van der Waals surface area contributed by atoms with Gasteiger partial charge < -0.3 is 14.8 Å². The Kier molecular flexibility index (Phi) is 4.11. The van der Waals surface area contributed by atoms with Crippen LogP contribution < -0.4 is 19.9 Å².